The zero-order valence-electron chi connectivity index (χ0n) is 27.7. The Balaban J connectivity index is 1.18. The molecule has 0 saturated carbocycles. The van der Waals surface area contributed by atoms with Gasteiger partial charge in [-0.2, -0.15) is 0 Å². The van der Waals surface area contributed by atoms with Crippen LogP contribution in [0.1, 0.15) is 0 Å². The molecule has 0 bridgehead atoms. The van der Waals surface area contributed by atoms with E-state index in [4.69, 9.17) is 8.83 Å². The summed E-state index contributed by atoms with van der Waals surface area (Å²) in [7, 11) is 0. The van der Waals surface area contributed by atoms with Gasteiger partial charge in [-0.1, -0.05) is 127 Å². The van der Waals surface area contributed by atoms with Gasteiger partial charge in [0, 0.05) is 33.1 Å². The number of anilines is 3. The van der Waals surface area contributed by atoms with Crippen LogP contribution in [0.15, 0.2) is 197 Å². The van der Waals surface area contributed by atoms with Crippen LogP contribution >= 0.6 is 0 Å². The standard InChI is InChI=1S/C48H31NO2/c1-3-11-32(12-4-1)34-19-24-37(25-20-34)49(38-26-21-35(22-27-38)33-13-5-2-6-14-33)43-29-28-39(48-47(43)41-16-8-10-18-45(41)51-48)36-23-30-46-42(31-36)40-15-7-9-17-44(40)50-46/h1-31H. The number of rotatable bonds is 6. The number of hydrogen-bond donors (Lipinski definition) is 0. The fourth-order valence-electron chi connectivity index (χ4n) is 7.41. The maximum Gasteiger partial charge on any atom is 0.145 e. The first kappa shape index (κ1) is 29.1. The van der Waals surface area contributed by atoms with Crippen molar-refractivity contribution in [2.24, 2.45) is 0 Å². The molecular weight excluding hydrogens is 623 g/mol. The van der Waals surface area contributed by atoms with Gasteiger partial charge in [0.1, 0.15) is 22.3 Å². The number of hydrogen-bond acceptors (Lipinski definition) is 3. The Kier molecular flexibility index (Phi) is 6.81. The molecule has 0 aliphatic carbocycles. The van der Waals surface area contributed by atoms with Crippen LogP contribution < -0.4 is 4.90 Å². The monoisotopic (exact) mass is 653 g/mol. The van der Waals surface area contributed by atoms with Crippen molar-refractivity contribution in [1.82, 2.24) is 0 Å². The highest BCUT2D eigenvalue weighted by Gasteiger charge is 2.23. The first-order chi connectivity index (χ1) is 25.3. The molecule has 2 heterocycles. The average molecular weight is 654 g/mol. The molecule has 3 heteroatoms. The van der Waals surface area contributed by atoms with Gasteiger partial charge in [0.25, 0.3) is 0 Å². The quantitative estimate of drug-likeness (QED) is 0.179. The summed E-state index contributed by atoms with van der Waals surface area (Å²) >= 11 is 0. The second kappa shape index (κ2) is 11.9. The minimum atomic E-state index is 0.854. The minimum Gasteiger partial charge on any atom is -0.456 e. The topological polar surface area (TPSA) is 29.5 Å². The largest absolute Gasteiger partial charge is 0.456 e. The number of para-hydroxylation sites is 2. The molecule has 0 spiro atoms. The van der Waals surface area contributed by atoms with E-state index in [0.29, 0.717) is 0 Å². The molecule has 51 heavy (non-hydrogen) atoms. The zero-order chi connectivity index (χ0) is 33.7. The maximum atomic E-state index is 6.79. The van der Waals surface area contributed by atoms with Crippen molar-refractivity contribution in [3.63, 3.8) is 0 Å². The molecule has 240 valence electrons. The first-order valence-electron chi connectivity index (χ1n) is 17.3. The number of fused-ring (bicyclic) bond motifs is 6. The first-order valence-corrected chi connectivity index (χ1v) is 17.3. The molecule has 2 aromatic heterocycles. The lowest BCUT2D eigenvalue weighted by molar-refractivity contribution is 0.668. The van der Waals surface area contributed by atoms with Gasteiger partial charge in [0.15, 0.2) is 0 Å². The Labute approximate surface area is 295 Å². The van der Waals surface area contributed by atoms with E-state index in [9.17, 15) is 0 Å². The summed E-state index contributed by atoms with van der Waals surface area (Å²) in [6.07, 6.45) is 0. The van der Waals surface area contributed by atoms with E-state index in [2.05, 4.69) is 175 Å². The van der Waals surface area contributed by atoms with Crippen LogP contribution in [0.5, 0.6) is 0 Å². The number of benzene rings is 8. The van der Waals surface area contributed by atoms with E-state index in [1.807, 2.05) is 18.2 Å². The van der Waals surface area contributed by atoms with Gasteiger partial charge in [-0.05, 0) is 88.5 Å². The lowest BCUT2D eigenvalue weighted by Gasteiger charge is -2.27. The number of furan rings is 2. The molecule has 8 aromatic carbocycles. The SMILES string of the molecule is c1ccc(-c2ccc(N(c3ccc(-c4ccccc4)cc3)c3ccc(-c4ccc5oc6ccccc6c5c4)c4oc5ccccc5c34)cc2)cc1. The van der Waals surface area contributed by atoms with Crippen molar-refractivity contribution < 1.29 is 8.83 Å². The van der Waals surface area contributed by atoms with Crippen LogP contribution in [-0.2, 0) is 0 Å². The van der Waals surface area contributed by atoms with Crippen molar-refractivity contribution in [2.75, 3.05) is 4.90 Å². The normalized spacial score (nSPS) is 11.5. The van der Waals surface area contributed by atoms with Gasteiger partial charge in [-0.25, -0.2) is 0 Å². The van der Waals surface area contributed by atoms with Crippen LogP contribution in [0.2, 0.25) is 0 Å². The summed E-state index contributed by atoms with van der Waals surface area (Å²) in [5, 5.41) is 4.34. The lowest BCUT2D eigenvalue weighted by atomic mass is 9.98. The Morgan fingerprint density at radius 2 is 0.824 bits per heavy atom. The van der Waals surface area contributed by atoms with Gasteiger partial charge in [0.05, 0.1) is 11.1 Å². The van der Waals surface area contributed by atoms with Crippen LogP contribution in [0, 0.1) is 0 Å². The Morgan fingerprint density at radius 3 is 1.45 bits per heavy atom. The minimum absolute atomic E-state index is 0.854. The molecule has 0 fully saturated rings. The van der Waals surface area contributed by atoms with Gasteiger partial charge in [0.2, 0.25) is 0 Å². The molecule has 10 rings (SSSR count). The predicted octanol–water partition coefficient (Wildman–Crippen LogP) is 14.0. The van der Waals surface area contributed by atoms with Crippen molar-refractivity contribution in [2.45, 2.75) is 0 Å². The van der Waals surface area contributed by atoms with Crippen LogP contribution in [0.3, 0.4) is 0 Å². The third-order valence-corrected chi connectivity index (χ3v) is 9.90. The van der Waals surface area contributed by atoms with Crippen LogP contribution in [0.25, 0.3) is 77.3 Å². The van der Waals surface area contributed by atoms with Crippen molar-refractivity contribution in [3.8, 4) is 33.4 Å². The molecule has 10 aromatic rings. The highest BCUT2D eigenvalue weighted by Crippen LogP contribution is 2.47. The third-order valence-electron chi connectivity index (χ3n) is 9.90. The smallest absolute Gasteiger partial charge is 0.145 e. The van der Waals surface area contributed by atoms with E-state index in [1.165, 1.54) is 22.3 Å². The van der Waals surface area contributed by atoms with E-state index in [1.54, 1.807) is 0 Å². The summed E-state index contributed by atoms with van der Waals surface area (Å²) in [6.45, 7) is 0. The summed E-state index contributed by atoms with van der Waals surface area (Å²) in [4.78, 5) is 2.35. The Morgan fingerprint density at radius 1 is 0.333 bits per heavy atom. The second-order valence-electron chi connectivity index (χ2n) is 12.9. The van der Waals surface area contributed by atoms with Crippen molar-refractivity contribution >= 4 is 60.9 Å². The lowest BCUT2D eigenvalue weighted by Crippen LogP contribution is -2.10. The highest BCUT2D eigenvalue weighted by atomic mass is 16.3. The van der Waals surface area contributed by atoms with E-state index >= 15 is 0 Å². The fraction of sp³-hybridized carbons (Fsp3) is 0. The molecular formula is C48H31NO2. The molecule has 0 radical (unpaired) electrons. The van der Waals surface area contributed by atoms with Crippen LogP contribution in [0.4, 0.5) is 17.1 Å². The van der Waals surface area contributed by atoms with E-state index in [0.717, 1.165) is 72.1 Å². The molecule has 0 amide bonds. The molecule has 0 unspecified atom stereocenters. The average Bonchev–Trinajstić information content (AvgIpc) is 3.78. The predicted molar refractivity (Wildman–Crippen MR) is 212 cm³/mol. The highest BCUT2D eigenvalue weighted by molar-refractivity contribution is 6.17. The van der Waals surface area contributed by atoms with E-state index < -0.39 is 0 Å². The van der Waals surface area contributed by atoms with Gasteiger partial charge >= 0.3 is 0 Å². The van der Waals surface area contributed by atoms with Gasteiger partial charge in [-0.3, -0.25) is 0 Å². The maximum absolute atomic E-state index is 6.79. The Bertz CT molecular complexity index is 2750. The zero-order valence-corrected chi connectivity index (χ0v) is 27.7. The second-order valence-corrected chi connectivity index (χ2v) is 12.9. The van der Waals surface area contributed by atoms with Crippen molar-refractivity contribution in [3.05, 3.63) is 188 Å². The van der Waals surface area contributed by atoms with Crippen LogP contribution in [-0.4, -0.2) is 0 Å². The summed E-state index contributed by atoms with van der Waals surface area (Å²) in [6, 6.07) is 66.2. The third kappa shape index (κ3) is 4.98. The summed E-state index contributed by atoms with van der Waals surface area (Å²) in [5.74, 6) is 0. The molecule has 0 saturated heterocycles. The van der Waals surface area contributed by atoms with Crippen molar-refractivity contribution in [1.29, 1.82) is 0 Å². The molecule has 3 nitrogen and oxygen atoms in total. The fourth-order valence-corrected chi connectivity index (χ4v) is 7.41. The summed E-state index contributed by atoms with van der Waals surface area (Å²) < 4.78 is 13.0. The van der Waals surface area contributed by atoms with E-state index in [-0.39, 0.29) is 0 Å². The summed E-state index contributed by atoms with van der Waals surface area (Å²) in [5.41, 5.74) is 13.5. The molecule has 0 aliphatic rings. The number of nitrogens with zero attached hydrogens (tertiary/aromatic N) is 1. The molecule has 0 atom stereocenters. The molecule has 0 N–H and O–H groups in total. The Hall–Kier alpha value is -6.84. The van der Waals surface area contributed by atoms with Gasteiger partial charge in [-0.15, -0.1) is 0 Å². The van der Waals surface area contributed by atoms with Gasteiger partial charge < -0.3 is 13.7 Å². The molecule has 0 aliphatic heterocycles.